The predicted octanol–water partition coefficient (Wildman–Crippen LogP) is 4.38. The van der Waals surface area contributed by atoms with Crippen molar-refractivity contribution in [1.29, 1.82) is 0 Å². The fourth-order valence-electron chi connectivity index (χ4n) is 4.69. The number of amides is 1. The van der Waals surface area contributed by atoms with Gasteiger partial charge in [0.15, 0.2) is 0 Å². The first kappa shape index (κ1) is 20.7. The van der Waals surface area contributed by atoms with Gasteiger partial charge in [0.25, 0.3) is 0 Å². The zero-order chi connectivity index (χ0) is 20.9. The molecule has 0 unspecified atom stereocenters. The molecule has 1 aromatic heterocycles. The summed E-state index contributed by atoms with van der Waals surface area (Å²) in [6.45, 7) is 8.70. The van der Waals surface area contributed by atoms with Crippen LogP contribution in [0.3, 0.4) is 0 Å². The molecule has 0 spiro atoms. The highest BCUT2D eigenvalue weighted by Gasteiger charge is 2.31. The summed E-state index contributed by atoms with van der Waals surface area (Å²) in [7, 11) is 0. The highest BCUT2D eigenvalue weighted by Crippen LogP contribution is 2.32. The van der Waals surface area contributed by atoms with Gasteiger partial charge in [0, 0.05) is 37.9 Å². The van der Waals surface area contributed by atoms with Crippen LogP contribution < -0.4 is 0 Å². The van der Waals surface area contributed by atoms with Gasteiger partial charge in [-0.3, -0.25) is 14.7 Å². The Kier molecular flexibility index (Phi) is 6.58. The SMILES string of the molecule is C=C(c1ccc(F)cc1)C1CCN(C(=O)C2CCN(Cc3ccncc3)CC2)CC1. The van der Waals surface area contributed by atoms with E-state index in [4.69, 9.17) is 0 Å². The minimum atomic E-state index is -0.223. The van der Waals surface area contributed by atoms with Crippen LogP contribution in [0.4, 0.5) is 4.39 Å². The van der Waals surface area contributed by atoms with E-state index in [1.165, 1.54) is 17.7 Å². The Hall–Kier alpha value is -2.53. The number of hydrogen-bond donors (Lipinski definition) is 0. The van der Waals surface area contributed by atoms with E-state index in [1.54, 1.807) is 12.1 Å². The molecule has 1 amide bonds. The summed E-state index contributed by atoms with van der Waals surface area (Å²) in [5, 5.41) is 0. The summed E-state index contributed by atoms with van der Waals surface area (Å²) in [6.07, 6.45) is 7.41. The first-order chi connectivity index (χ1) is 14.6. The van der Waals surface area contributed by atoms with Gasteiger partial charge < -0.3 is 4.90 Å². The maximum Gasteiger partial charge on any atom is 0.225 e. The standard InChI is InChI=1S/C25H30FN3O/c1-19(21-2-4-24(26)5-3-21)22-10-16-29(17-11-22)25(30)23-8-14-28(15-9-23)18-20-6-12-27-13-7-20/h2-7,12-13,22-23H,1,8-11,14-18H2. The van der Waals surface area contributed by atoms with E-state index in [2.05, 4.69) is 33.5 Å². The second-order valence-corrected chi connectivity index (χ2v) is 8.54. The minimum absolute atomic E-state index is 0.149. The van der Waals surface area contributed by atoms with E-state index in [1.807, 2.05) is 12.4 Å². The molecule has 2 aliphatic heterocycles. The highest BCUT2D eigenvalue weighted by atomic mass is 19.1. The van der Waals surface area contributed by atoms with E-state index in [9.17, 15) is 9.18 Å². The normalized spacial score (nSPS) is 19.0. The summed E-state index contributed by atoms with van der Waals surface area (Å²) < 4.78 is 13.2. The van der Waals surface area contributed by atoms with Crippen LogP contribution in [-0.2, 0) is 11.3 Å². The van der Waals surface area contributed by atoms with Crippen molar-refractivity contribution in [2.45, 2.75) is 32.2 Å². The largest absolute Gasteiger partial charge is 0.342 e. The maximum atomic E-state index is 13.2. The minimum Gasteiger partial charge on any atom is -0.342 e. The van der Waals surface area contributed by atoms with Crippen LogP contribution in [0.25, 0.3) is 5.57 Å². The van der Waals surface area contributed by atoms with E-state index < -0.39 is 0 Å². The van der Waals surface area contributed by atoms with E-state index in [0.717, 1.165) is 69.5 Å². The first-order valence-corrected chi connectivity index (χ1v) is 10.9. The number of allylic oxidation sites excluding steroid dienone is 1. The second-order valence-electron chi connectivity index (χ2n) is 8.54. The van der Waals surface area contributed by atoms with Crippen LogP contribution in [0.2, 0.25) is 0 Å². The van der Waals surface area contributed by atoms with Gasteiger partial charge in [0.05, 0.1) is 0 Å². The second kappa shape index (κ2) is 9.52. The van der Waals surface area contributed by atoms with Gasteiger partial charge in [-0.25, -0.2) is 4.39 Å². The number of benzene rings is 1. The molecule has 2 saturated heterocycles. The van der Waals surface area contributed by atoms with Crippen LogP contribution in [0.1, 0.15) is 36.8 Å². The fraction of sp³-hybridized carbons (Fsp3) is 0.440. The lowest BCUT2D eigenvalue weighted by molar-refractivity contribution is -0.138. The summed E-state index contributed by atoms with van der Waals surface area (Å²) in [4.78, 5) is 21.6. The number of rotatable bonds is 5. The lowest BCUT2D eigenvalue weighted by Gasteiger charge is -2.37. The monoisotopic (exact) mass is 407 g/mol. The first-order valence-electron chi connectivity index (χ1n) is 10.9. The van der Waals surface area contributed by atoms with E-state index in [0.29, 0.717) is 11.8 Å². The third kappa shape index (κ3) is 4.96. The number of piperidine rings is 2. The van der Waals surface area contributed by atoms with Crippen molar-refractivity contribution in [3.05, 3.63) is 72.3 Å². The molecule has 0 radical (unpaired) electrons. The van der Waals surface area contributed by atoms with Gasteiger partial charge in [-0.2, -0.15) is 0 Å². The third-order valence-corrected chi connectivity index (χ3v) is 6.61. The molecule has 5 heteroatoms. The Morgan fingerprint density at radius 3 is 2.17 bits per heavy atom. The van der Waals surface area contributed by atoms with Gasteiger partial charge in [0.2, 0.25) is 5.91 Å². The molecule has 1 aromatic carbocycles. The molecule has 2 aliphatic rings. The van der Waals surface area contributed by atoms with E-state index in [-0.39, 0.29) is 11.7 Å². The molecular weight excluding hydrogens is 377 g/mol. The Balaban J connectivity index is 1.24. The Labute approximate surface area is 178 Å². The lowest BCUT2D eigenvalue weighted by atomic mass is 9.85. The van der Waals surface area contributed by atoms with Crippen molar-refractivity contribution in [3.8, 4) is 0 Å². The molecule has 2 aromatic rings. The average Bonchev–Trinajstić information content (AvgIpc) is 2.80. The molecule has 4 rings (SSSR count). The highest BCUT2D eigenvalue weighted by molar-refractivity contribution is 5.79. The molecule has 0 N–H and O–H groups in total. The third-order valence-electron chi connectivity index (χ3n) is 6.61. The van der Waals surface area contributed by atoms with Crippen LogP contribution in [0, 0.1) is 17.7 Å². The van der Waals surface area contributed by atoms with Gasteiger partial charge >= 0.3 is 0 Å². The van der Waals surface area contributed by atoms with Gasteiger partial charge in [-0.05, 0) is 85.7 Å². The van der Waals surface area contributed by atoms with Crippen molar-refractivity contribution in [2.24, 2.45) is 11.8 Å². The number of nitrogens with zero attached hydrogens (tertiary/aromatic N) is 3. The molecule has 0 bridgehead atoms. The molecule has 4 nitrogen and oxygen atoms in total. The Morgan fingerprint density at radius 2 is 1.53 bits per heavy atom. The molecule has 0 saturated carbocycles. The molecular formula is C25H30FN3O. The summed E-state index contributed by atoms with van der Waals surface area (Å²) in [5.74, 6) is 0.612. The van der Waals surface area contributed by atoms with Crippen molar-refractivity contribution < 1.29 is 9.18 Å². The number of likely N-dealkylation sites (tertiary alicyclic amines) is 2. The Bertz CT molecular complexity index is 852. The van der Waals surface area contributed by atoms with Gasteiger partial charge in [-0.15, -0.1) is 0 Å². The predicted molar refractivity (Wildman–Crippen MR) is 117 cm³/mol. The fourth-order valence-corrected chi connectivity index (χ4v) is 4.69. The summed E-state index contributed by atoms with van der Waals surface area (Å²) in [5.41, 5.74) is 3.34. The van der Waals surface area contributed by atoms with Crippen molar-refractivity contribution in [2.75, 3.05) is 26.2 Å². The van der Waals surface area contributed by atoms with Gasteiger partial charge in [-0.1, -0.05) is 18.7 Å². The van der Waals surface area contributed by atoms with Gasteiger partial charge in [0.1, 0.15) is 5.82 Å². The molecule has 30 heavy (non-hydrogen) atoms. The quantitative estimate of drug-likeness (QED) is 0.738. The molecule has 3 heterocycles. The molecule has 0 atom stereocenters. The van der Waals surface area contributed by atoms with Crippen LogP contribution in [0.15, 0.2) is 55.4 Å². The number of carbonyl (C=O) groups is 1. The Morgan fingerprint density at radius 1 is 0.933 bits per heavy atom. The molecule has 0 aliphatic carbocycles. The summed E-state index contributed by atoms with van der Waals surface area (Å²) in [6, 6.07) is 10.7. The number of halogens is 1. The number of hydrogen-bond acceptors (Lipinski definition) is 3. The van der Waals surface area contributed by atoms with Crippen LogP contribution in [0.5, 0.6) is 0 Å². The average molecular weight is 408 g/mol. The molecule has 2 fully saturated rings. The topological polar surface area (TPSA) is 36.4 Å². The van der Waals surface area contributed by atoms with Crippen molar-refractivity contribution >= 4 is 11.5 Å². The van der Waals surface area contributed by atoms with Crippen LogP contribution >= 0.6 is 0 Å². The molecule has 158 valence electrons. The lowest BCUT2D eigenvalue weighted by Crippen LogP contribution is -2.45. The van der Waals surface area contributed by atoms with Crippen molar-refractivity contribution in [3.63, 3.8) is 0 Å². The zero-order valence-electron chi connectivity index (χ0n) is 17.5. The number of carbonyl (C=O) groups excluding carboxylic acids is 1. The summed E-state index contributed by atoms with van der Waals surface area (Å²) >= 11 is 0. The zero-order valence-corrected chi connectivity index (χ0v) is 17.5. The van der Waals surface area contributed by atoms with Crippen molar-refractivity contribution in [1.82, 2.24) is 14.8 Å². The smallest absolute Gasteiger partial charge is 0.225 e. The van der Waals surface area contributed by atoms with E-state index >= 15 is 0 Å². The maximum absolute atomic E-state index is 13.2. The number of pyridine rings is 1. The number of aromatic nitrogens is 1. The van der Waals surface area contributed by atoms with Crippen LogP contribution in [-0.4, -0.2) is 46.9 Å².